The van der Waals surface area contributed by atoms with Crippen molar-refractivity contribution in [1.82, 2.24) is 9.78 Å². The van der Waals surface area contributed by atoms with Gasteiger partial charge >= 0.3 is 12.1 Å². The van der Waals surface area contributed by atoms with Gasteiger partial charge in [-0.2, -0.15) is 18.3 Å². The van der Waals surface area contributed by atoms with Crippen LogP contribution in [0.25, 0.3) is 10.9 Å². The Bertz CT molecular complexity index is 601. The van der Waals surface area contributed by atoms with Gasteiger partial charge in [0.15, 0.2) is 0 Å². The molecule has 1 N–H and O–H groups in total. The highest BCUT2D eigenvalue weighted by atomic mass is 19.4. The number of hydrogen-bond donors (Lipinski definition) is 1. The molecule has 0 bridgehead atoms. The van der Waals surface area contributed by atoms with E-state index >= 15 is 0 Å². The zero-order valence-electron chi connectivity index (χ0n) is 8.62. The normalized spacial score (nSPS) is 12.0. The first kappa shape index (κ1) is 11.4. The van der Waals surface area contributed by atoms with Gasteiger partial charge in [0.25, 0.3) is 0 Å². The summed E-state index contributed by atoms with van der Waals surface area (Å²) in [6.45, 7) is 0. The van der Waals surface area contributed by atoms with Crippen molar-refractivity contribution in [1.29, 1.82) is 0 Å². The molecule has 0 fully saturated rings. The molecule has 0 saturated carbocycles. The molecule has 0 atom stereocenters. The van der Waals surface area contributed by atoms with Gasteiger partial charge in [0, 0.05) is 12.4 Å². The fourth-order valence-corrected chi connectivity index (χ4v) is 1.59. The number of aromatic nitrogens is 2. The lowest BCUT2D eigenvalue weighted by Gasteiger charge is -2.08. The summed E-state index contributed by atoms with van der Waals surface area (Å²) in [4.78, 5) is 10.9. The van der Waals surface area contributed by atoms with Gasteiger partial charge in [0.2, 0.25) is 0 Å². The number of carbonyl (C=O) groups is 1. The maximum absolute atomic E-state index is 12.6. The number of carboxylic acid groups (broad SMARTS) is 1. The Hall–Kier alpha value is -2.05. The van der Waals surface area contributed by atoms with Crippen molar-refractivity contribution in [3.63, 3.8) is 0 Å². The van der Waals surface area contributed by atoms with E-state index in [-0.39, 0.29) is 10.9 Å². The summed E-state index contributed by atoms with van der Waals surface area (Å²) in [7, 11) is 1.45. The third-order valence-corrected chi connectivity index (χ3v) is 2.42. The van der Waals surface area contributed by atoms with Crippen molar-refractivity contribution in [3.05, 3.63) is 29.5 Å². The Kier molecular flexibility index (Phi) is 2.34. The van der Waals surface area contributed by atoms with Gasteiger partial charge in [0.1, 0.15) is 0 Å². The van der Waals surface area contributed by atoms with Crippen molar-refractivity contribution in [2.45, 2.75) is 6.18 Å². The van der Waals surface area contributed by atoms with E-state index in [1.165, 1.54) is 17.9 Å². The van der Waals surface area contributed by atoms with Crippen LogP contribution < -0.4 is 0 Å². The highest BCUT2D eigenvalue weighted by molar-refractivity contribution is 6.03. The van der Waals surface area contributed by atoms with Crippen LogP contribution >= 0.6 is 0 Å². The molecule has 0 aliphatic carbocycles. The first-order chi connectivity index (χ1) is 7.80. The maximum Gasteiger partial charge on any atom is 0.416 e. The Morgan fingerprint density at radius 2 is 2.06 bits per heavy atom. The molecule has 4 nitrogen and oxygen atoms in total. The third-order valence-electron chi connectivity index (χ3n) is 2.42. The van der Waals surface area contributed by atoms with Gasteiger partial charge in [-0.1, -0.05) is 0 Å². The SMILES string of the molecule is Cn1ncc2c(C(=O)O)cc(C(F)(F)F)cc21. The number of aromatic carboxylic acids is 1. The first-order valence-electron chi connectivity index (χ1n) is 4.57. The number of nitrogens with zero attached hydrogens (tertiary/aromatic N) is 2. The summed E-state index contributed by atoms with van der Waals surface area (Å²) >= 11 is 0. The lowest BCUT2D eigenvalue weighted by Crippen LogP contribution is -2.08. The molecule has 1 aromatic carbocycles. The maximum atomic E-state index is 12.6. The molecule has 1 aromatic heterocycles. The summed E-state index contributed by atoms with van der Waals surface area (Å²) in [6, 6.07) is 1.50. The van der Waals surface area contributed by atoms with Gasteiger partial charge in [-0.05, 0) is 12.1 Å². The monoisotopic (exact) mass is 244 g/mol. The standard InChI is InChI=1S/C10H7F3N2O2/c1-15-8-3-5(10(11,12)13)2-6(9(16)17)7(8)4-14-15/h2-4H,1H3,(H,16,17). The molecule has 90 valence electrons. The van der Waals surface area contributed by atoms with Crippen LogP contribution in [0.2, 0.25) is 0 Å². The van der Waals surface area contributed by atoms with Crippen LogP contribution in [0.1, 0.15) is 15.9 Å². The number of alkyl halides is 3. The van der Waals surface area contributed by atoms with Gasteiger partial charge in [0.05, 0.1) is 22.8 Å². The molecule has 7 heteroatoms. The van der Waals surface area contributed by atoms with E-state index in [0.29, 0.717) is 6.07 Å². The molecule has 0 amide bonds. The number of carboxylic acids is 1. The Morgan fingerprint density at radius 3 is 2.59 bits per heavy atom. The average molecular weight is 244 g/mol. The molecule has 0 aliphatic rings. The van der Waals surface area contributed by atoms with Crippen LogP contribution in [0.15, 0.2) is 18.3 Å². The van der Waals surface area contributed by atoms with Crippen molar-refractivity contribution < 1.29 is 23.1 Å². The number of benzene rings is 1. The molecule has 1 heterocycles. The summed E-state index contributed by atoms with van der Waals surface area (Å²) in [5, 5.41) is 12.8. The van der Waals surface area contributed by atoms with Crippen molar-refractivity contribution in [2.24, 2.45) is 7.05 Å². The predicted molar refractivity (Wildman–Crippen MR) is 52.7 cm³/mol. The molecule has 0 saturated heterocycles. The molecular weight excluding hydrogens is 237 g/mol. The Labute approximate surface area is 93.3 Å². The zero-order chi connectivity index (χ0) is 12.8. The number of halogens is 3. The molecule has 2 rings (SSSR count). The Morgan fingerprint density at radius 1 is 1.41 bits per heavy atom. The summed E-state index contributed by atoms with van der Waals surface area (Å²) < 4.78 is 38.9. The molecule has 0 unspecified atom stereocenters. The Balaban J connectivity index is 2.83. The van der Waals surface area contributed by atoms with Crippen molar-refractivity contribution in [2.75, 3.05) is 0 Å². The largest absolute Gasteiger partial charge is 0.478 e. The lowest BCUT2D eigenvalue weighted by atomic mass is 10.1. The van der Waals surface area contributed by atoms with E-state index in [9.17, 15) is 18.0 Å². The van der Waals surface area contributed by atoms with E-state index < -0.39 is 23.3 Å². The quantitative estimate of drug-likeness (QED) is 0.837. The molecule has 2 aromatic rings. The smallest absolute Gasteiger partial charge is 0.416 e. The highest BCUT2D eigenvalue weighted by Gasteiger charge is 2.32. The van der Waals surface area contributed by atoms with Crippen LogP contribution in [0, 0.1) is 0 Å². The highest BCUT2D eigenvalue weighted by Crippen LogP contribution is 2.33. The topological polar surface area (TPSA) is 55.1 Å². The second-order valence-electron chi connectivity index (χ2n) is 3.53. The second kappa shape index (κ2) is 3.47. The summed E-state index contributed by atoms with van der Waals surface area (Å²) in [6.07, 6.45) is -3.35. The van der Waals surface area contributed by atoms with E-state index in [4.69, 9.17) is 5.11 Å². The number of hydrogen-bond acceptors (Lipinski definition) is 2. The van der Waals surface area contributed by atoms with Crippen LogP contribution in [0.4, 0.5) is 13.2 Å². The summed E-state index contributed by atoms with van der Waals surface area (Å²) in [5.41, 5.74) is -1.26. The molecule has 0 radical (unpaired) electrons. The van der Waals surface area contributed by atoms with Crippen molar-refractivity contribution >= 4 is 16.9 Å². The predicted octanol–water partition coefficient (Wildman–Crippen LogP) is 2.29. The van der Waals surface area contributed by atoms with Gasteiger partial charge in [-0.25, -0.2) is 4.79 Å². The number of fused-ring (bicyclic) bond motifs is 1. The average Bonchev–Trinajstić information content (AvgIpc) is 2.58. The van der Waals surface area contributed by atoms with Gasteiger partial charge < -0.3 is 5.11 Å². The van der Waals surface area contributed by atoms with E-state index in [2.05, 4.69) is 5.10 Å². The molecule has 17 heavy (non-hydrogen) atoms. The van der Waals surface area contributed by atoms with Crippen LogP contribution in [-0.4, -0.2) is 20.9 Å². The number of rotatable bonds is 1. The summed E-state index contributed by atoms with van der Waals surface area (Å²) in [5.74, 6) is -1.41. The van der Waals surface area contributed by atoms with E-state index in [0.717, 1.165) is 6.07 Å². The van der Waals surface area contributed by atoms with Crippen molar-refractivity contribution in [3.8, 4) is 0 Å². The second-order valence-corrected chi connectivity index (χ2v) is 3.53. The van der Waals surface area contributed by atoms with Gasteiger partial charge in [-0.3, -0.25) is 4.68 Å². The zero-order valence-corrected chi connectivity index (χ0v) is 8.62. The molecule has 0 aliphatic heterocycles. The van der Waals surface area contributed by atoms with Crippen LogP contribution in [-0.2, 0) is 13.2 Å². The fourth-order valence-electron chi connectivity index (χ4n) is 1.59. The lowest BCUT2D eigenvalue weighted by molar-refractivity contribution is -0.137. The first-order valence-corrected chi connectivity index (χ1v) is 4.57. The minimum atomic E-state index is -4.58. The minimum absolute atomic E-state index is 0.136. The van der Waals surface area contributed by atoms with E-state index in [1.54, 1.807) is 0 Å². The fraction of sp³-hybridized carbons (Fsp3) is 0.200. The van der Waals surface area contributed by atoms with Gasteiger partial charge in [-0.15, -0.1) is 0 Å². The third kappa shape index (κ3) is 1.83. The molecular formula is C10H7F3N2O2. The number of aryl methyl sites for hydroxylation is 1. The molecule has 0 spiro atoms. The van der Waals surface area contributed by atoms with Crippen LogP contribution in [0.3, 0.4) is 0 Å². The van der Waals surface area contributed by atoms with E-state index in [1.807, 2.05) is 0 Å². The minimum Gasteiger partial charge on any atom is -0.478 e. The van der Waals surface area contributed by atoms with Crippen LogP contribution in [0.5, 0.6) is 0 Å².